The van der Waals surface area contributed by atoms with Crippen LogP contribution in [0.25, 0.3) is 0 Å². The molecule has 0 aliphatic heterocycles. The molecule has 1 fully saturated rings. The number of rotatable bonds is 4. The molecule has 0 saturated heterocycles. The van der Waals surface area contributed by atoms with Gasteiger partial charge in [-0.3, -0.25) is 0 Å². The number of nitrogens with two attached hydrogens (primary N) is 1. The smallest absolute Gasteiger partial charge is 0.00791 e. The fourth-order valence-corrected chi connectivity index (χ4v) is 2.52. The van der Waals surface area contributed by atoms with Crippen molar-refractivity contribution in [3.8, 4) is 0 Å². The highest BCUT2D eigenvalue weighted by atomic mass is 14.7. The van der Waals surface area contributed by atoms with Gasteiger partial charge in [0.2, 0.25) is 0 Å². The van der Waals surface area contributed by atoms with E-state index in [-0.39, 0.29) is 0 Å². The summed E-state index contributed by atoms with van der Waals surface area (Å²) in [5, 5.41) is 0. The Bertz CT molecular complexity index is 375. The van der Waals surface area contributed by atoms with Gasteiger partial charge in [0.15, 0.2) is 0 Å². The van der Waals surface area contributed by atoms with Gasteiger partial charge in [0.1, 0.15) is 0 Å². The van der Waals surface area contributed by atoms with Crippen LogP contribution in [0.1, 0.15) is 56.2 Å². The van der Waals surface area contributed by atoms with Gasteiger partial charge in [0.05, 0.1) is 0 Å². The van der Waals surface area contributed by atoms with E-state index in [0.717, 1.165) is 13.0 Å². The first-order chi connectivity index (χ1) is 7.63. The minimum absolute atomic E-state index is 0.324. The lowest BCUT2D eigenvalue weighted by Gasteiger charge is -2.21. The van der Waals surface area contributed by atoms with Crippen molar-refractivity contribution >= 4 is 0 Å². The van der Waals surface area contributed by atoms with Gasteiger partial charge >= 0.3 is 0 Å². The van der Waals surface area contributed by atoms with E-state index in [0.29, 0.717) is 11.3 Å². The summed E-state index contributed by atoms with van der Waals surface area (Å²) in [4.78, 5) is 0. The van der Waals surface area contributed by atoms with Gasteiger partial charge in [-0.1, -0.05) is 39.0 Å². The minimum Gasteiger partial charge on any atom is -0.330 e. The molecule has 0 radical (unpaired) electrons. The van der Waals surface area contributed by atoms with E-state index in [2.05, 4.69) is 39.0 Å². The SMILES string of the molecule is CCc1ccc(C(C)C)c(C2(CN)CC2)c1. The van der Waals surface area contributed by atoms with Crippen molar-refractivity contribution in [2.45, 2.75) is 51.4 Å². The summed E-state index contributed by atoms with van der Waals surface area (Å²) in [6.45, 7) is 7.57. The highest BCUT2D eigenvalue weighted by Crippen LogP contribution is 2.49. The quantitative estimate of drug-likeness (QED) is 0.822. The molecule has 0 amide bonds. The van der Waals surface area contributed by atoms with E-state index in [4.69, 9.17) is 5.73 Å². The Morgan fingerprint density at radius 3 is 2.44 bits per heavy atom. The van der Waals surface area contributed by atoms with Crippen LogP contribution < -0.4 is 5.73 Å². The first-order valence-corrected chi connectivity index (χ1v) is 6.46. The second-order valence-corrected chi connectivity index (χ2v) is 5.41. The second kappa shape index (κ2) is 4.21. The fraction of sp³-hybridized carbons (Fsp3) is 0.600. The molecule has 1 aromatic rings. The minimum atomic E-state index is 0.324. The van der Waals surface area contributed by atoms with Crippen LogP contribution in [0.5, 0.6) is 0 Å². The Balaban J connectivity index is 2.47. The van der Waals surface area contributed by atoms with Gasteiger partial charge in [0.25, 0.3) is 0 Å². The summed E-state index contributed by atoms with van der Waals surface area (Å²) in [5.74, 6) is 0.602. The van der Waals surface area contributed by atoms with Crippen LogP contribution >= 0.6 is 0 Å². The molecule has 1 nitrogen and oxygen atoms in total. The van der Waals surface area contributed by atoms with Crippen molar-refractivity contribution in [1.82, 2.24) is 0 Å². The van der Waals surface area contributed by atoms with Gasteiger partial charge in [-0.2, -0.15) is 0 Å². The molecular weight excluding hydrogens is 194 g/mol. The molecule has 0 spiro atoms. The van der Waals surface area contributed by atoms with Crippen LogP contribution in [0.4, 0.5) is 0 Å². The molecule has 0 atom stereocenters. The molecule has 2 N–H and O–H groups in total. The van der Waals surface area contributed by atoms with Gasteiger partial charge in [0, 0.05) is 12.0 Å². The summed E-state index contributed by atoms with van der Waals surface area (Å²) in [5.41, 5.74) is 10.8. The lowest BCUT2D eigenvalue weighted by atomic mass is 9.85. The van der Waals surface area contributed by atoms with Crippen LogP contribution in [0.15, 0.2) is 18.2 Å². The molecule has 0 aromatic heterocycles. The maximum absolute atomic E-state index is 5.96. The Labute approximate surface area is 99.0 Å². The lowest BCUT2D eigenvalue weighted by Crippen LogP contribution is -2.22. The molecule has 16 heavy (non-hydrogen) atoms. The third kappa shape index (κ3) is 1.89. The lowest BCUT2D eigenvalue weighted by molar-refractivity contribution is 0.680. The third-order valence-corrected chi connectivity index (χ3v) is 3.96. The monoisotopic (exact) mass is 217 g/mol. The van der Waals surface area contributed by atoms with Crippen molar-refractivity contribution in [1.29, 1.82) is 0 Å². The van der Waals surface area contributed by atoms with Crippen LogP contribution in [0.2, 0.25) is 0 Å². The van der Waals surface area contributed by atoms with E-state index >= 15 is 0 Å². The summed E-state index contributed by atoms with van der Waals surface area (Å²) in [6, 6.07) is 6.98. The standard InChI is InChI=1S/C15H23N/c1-4-12-5-6-13(11(2)3)14(9-12)15(10-16)7-8-15/h5-6,9,11H,4,7-8,10,16H2,1-3H3. The average Bonchev–Trinajstić information content (AvgIpc) is 3.09. The van der Waals surface area contributed by atoms with Crippen molar-refractivity contribution in [2.75, 3.05) is 6.54 Å². The molecule has 1 aliphatic rings. The predicted octanol–water partition coefficient (Wildman–Crippen LogP) is 3.36. The van der Waals surface area contributed by atoms with Crippen molar-refractivity contribution in [3.05, 3.63) is 34.9 Å². The van der Waals surface area contributed by atoms with Crippen molar-refractivity contribution in [3.63, 3.8) is 0 Å². The van der Waals surface area contributed by atoms with Crippen molar-refractivity contribution in [2.24, 2.45) is 5.73 Å². The van der Waals surface area contributed by atoms with Crippen molar-refractivity contribution < 1.29 is 0 Å². The Morgan fingerprint density at radius 2 is 2.00 bits per heavy atom. The van der Waals surface area contributed by atoms with E-state index in [1.165, 1.54) is 29.5 Å². The number of hydrogen-bond acceptors (Lipinski definition) is 1. The van der Waals surface area contributed by atoms with E-state index in [1.54, 1.807) is 0 Å². The number of hydrogen-bond donors (Lipinski definition) is 1. The molecule has 1 saturated carbocycles. The number of aryl methyl sites for hydroxylation is 1. The zero-order valence-electron chi connectivity index (χ0n) is 10.7. The van der Waals surface area contributed by atoms with Crippen LogP contribution in [-0.2, 0) is 11.8 Å². The van der Waals surface area contributed by atoms with Crippen LogP contribution in [0.3, 0.4) is 0 Å². The third-order valence-electron chi connectivity index (χ3n) is 3.96. The maximum Gasteiger partial charge on any atom is 0.00791 e. The Kier molecular flexibility index (Phi) is 3.07. The Hall–Kier alpha value is -0.820. The van der Waals surface area contributed by atoms with Gasteiger partial charge in [-0.05, 0) is 41.9 Å². The van der Waals surface area contributed by atoms with E-state index < -0.39 is 0 Å². The van der Waals surface area contributed by atoms with Gasteiger partial charge in [-0.15, -0.1) is 0 Å². The molecule has 88 valence electrons. The Morgan fingerprint density at radius 1 is 1.31 bits per heavy atom. The molecule has 1 heteroatoms. The summed E-state index contributed by atoms with van der Waals surface area (Å²) in [6.07, 6.45) is 3.67. The second-order valence-electron chi connectivity index (χ2n) is 5.41. The summed E-state index contributed by atoms with van der Waals surface area (Å²) >= 11 is 0. The molecule has 1 aliphatic carbocycles. The zero-order chi connectivity index (χ0) is 11.8. The molecule has 0 unspecified atom stereocenters. The first kappa shape index (κ1) is 11.7. The maximum atomic E-state index is 5.96. The highest BCUT2D eigenvalue weighted by molar-refractivity contribution is 5.43. The largest absolute Gasteiger partial charge is 0.330 e. The molecule has 0 bridgehead atoms. The van der Waals surface area contributed by atoms with E-state index in [1.807, 2.05) is 0 Å². The summed E-state index contributed by atoms with van der Waals surface area (Å²) in [7, 11) is 0. The average molecular weight is 217 g/mol. The topological polar surface area (TPSA) is 26.0 Å². The molecular formula is C15H23N. The molecule has 1 aromatic carbocycles. The first-order valence-electron chi connectivity index (χ1n) is 6.46. The molecule has 2 rings (SSSR count). The predicted molar refractivity (Wildman–Crippen MR) is 69.9 cm³/mol. The van der Waals surface area contributed by atoms with Gasteiger partial charge < -0.3 is 5.73 Å². The zero-order valence-corrected chi connectivity index (χ0v) is 10.7. The highest BCUT2D eigenvalue weighted by Gasteiger charge is 2.44. The van der Waals surface area contributed by atoms with Crippen LogP contribution in [0, 0.1) is 0 Å². The van der Waals surface area contributed by atoms with Gasteiger partial charge in [-0.25, -0.2) is 0 Å². The van der Waals surface area contributed by atoms with Crippen LogP contribution in [-0.4, -0.2) is 6.54 Å². The normalized spacial score (nSPS) is 17.8. The van der Waals surface area contributed by atoms with E-state index in [9.17, 15) is 0 Å². The fourth-order valence-electron chi connectivity index (χ4n) is 2.52. The molecule has 0 heterocycles. The number of benzene rings is 1. The summed E-state index contributed by atoms with van der Waals surface area (Å²) < 4.78 is 0.